The topological polar surface area (TPSA) is 122 Å². The Labute approximate surface area is 162 Å². The van der Waals surface area contributed by atoms with Crippen LogP contribution < -0.4 is 14.9 Å². The maximum absolute atomic E-state index is 12.4. The van der Waals surface area contributed by atoms with Gasteiger partial charge in [-0.15, -0.1) is 0 Å². The van der Waals surface area contributed by atoms with Crippen LogP contribution in [0.4, 0.5) is 22.7 Å². The summed E-state index contributed by atoms with van der Waals surface area (Å²) < 4.78 is 25.7. The second kappa shape index (κ2) is 7.85. The standard InChI is InChI=1S/C18H20N4O5S/c1-28(26,27)20-16-5-2-6-17-15(16)4-3-11-21(17)12-18(23)19-13-7-9-14(10-8-13)22(24)25/h2,5-10,20H,3-4,11-12H2,1H3,(H,19,23). The molecule has 1 aliphatic heterocycles. The first-order valence-corrected chi connectivity index (χ1v) is 10.5. The molecule has 0 spiro atoms. The highest BCUT2D eigenvalue weighted by molar-refractivity contribution is 7.92. The highest BCUT2D eigenvalue weighted by Crippen LogP contribution is 2.33. The Hall–Kier alpha value is -3.14. The maximum Gasteiger partial charge on any atom is 0.269 e. The normalized spacial score (nSPS) is 13.5. The van der Waals surface area contributed by atoms with E-state index in [-0.39, 0.29) is 18.1 Å². The smallest absolute Gasteiger partial charge is 0.269 e. The predicted molar refractivity (Wildman–Crippen MR) is 107 cm³/mol. The van der Waals surface area contributed by atoms with E-state index in [1.54, 1.807) is 12.1 Å². The number of nitro groups is 1. The SMILES string of the molecule is CS(=O)(=O)Nc1cccc2c1CCCN2CC(=O)Nc1ccc([N+](=O)[O-])cc1. The third kappa shape index (κ3) is 4.77. The molecule has 0 radical (unpaired) electrons. The van der Waals surface area contributed by atoms with Gasteiger partial charge in [-0.05, 0) is 42.7 Å². The molecule has 3 rings (SSSR count). The fourth-order valence-electron chi connectivity index (χ4n) is 3.20. The van der Waals surface area contributed by atoms with E-state index in [2.05, 4.69) is 10.0 Å². The van der Waals surface area contributed by atoms with Gasteiger partial charge in [-0.2, -0.15) is 0 Å². The second-order valence-electron chi connectivity index (χ2n) is 6.55. The van der Waals surface area contributed by atoms with E-state index in [4.69, 9.17) is 0 Å². The van der Waals surface area contributed by atoms with Gasteiger partial charge in [-0.1, -0.05) is 6.07 Å². The van der Waals surface area contributed by atoms with Crippen LogP contribution in [0.1, 0.15) is 12.0 Å². The summed E-state index contributed by atoms with van der Waals surface area (Å²) in [4.78, 5) is 24.5. The Bertz CT molecular complexity index is 1010. The number of hydrogen-bond donors (Lipinski definition) is 2. The van der Waals surface area contributed by atoms with Gasteiger partial charge in [0.05, 0.1) is 23.4 Å². The molecule has 0 bridgehead atoms. The molecule has 2 aromatic carbocycles. The molecular formula is C18H20N4O5S. The van der Waals surface area contributed by atoms with E-state index in [1.165, 1.54) is 24.3 Å². The molecule has 0 atom stereocenters. The molecule has 2 N–H and O–H groups in total. The lowest BCUT2D eigenvalue weighted by atomic mass is 10.00. The average molecular weight is 404 g/mol. The highest BCUT2D eigenvalue weighted by atomic mass is 32.2. The van der Waals surface area contributed by atoms with Crippen LogP contribution in [0.5, 0.6) is 0 Å². The Morgan fingerprint density at radius 2 is 1.93 bits per heavy atom. The Morgan fingerprint density at radius 1 is 1.21 bits per heavy atom. The van der Waals surface area contributed by atoms with Crippen molar-refractivity contribution in [3.8, 4) is 0 Å². The number of carbonyl (C=O) groups is 1. The maximum atomic E-state index is 12.4. The Kier molecular flexibility index (Phi) is 5.50. The highest BCUT2D eigenvalue weighted by Gasteiger charge is 2.22. The lowest BCUT2D eigenvalue weighted by Crippen LogP contribution is -2.37. The van der Waals surface area contributed by atoms with Crippen LogP contribution in [0.2, 0.25) is 0 Å². The minimum atomic E-state index is -3.40. The molecule has 1 heterocycles. The molecule has 2 aromatic rings. The van der Waals surface area contributed by atoms with Crippen molar-refractivity contribution in [2.24, 2.45) is 0 Å². The third-order valence-electron chi connectivity index (χ3n) is 4.34. The molecule has 148 valence electrons. The van der Waals surface area contributed by atoms with Crippen molar-refractivity contribution < 1.29 is 18.1 Å². The summed E-state index contributed by atoms with van der Waals surface area (Å²) in [5, 5.41) is 13.4. The van der Waals surface area contributed by atoms with Gasteiger partial charge in [0.2, 0.25) is 15.9 Å². The van der Waals surface area contributed by atoms with Gasteiger partial charge >= 0.3 is 0 Å². The third-order valence-corrected chi connectivity index (χ3v) is 4.93. The van der Waals surface area contributed by atoms with Crippen molar-refractivity contribution >= 4 is 38.7 Å². The quantitative estimate of drug-likeness (QED) is 0.563. The molecule has 0 saturated carbocycles. The van der Waals surface area contributed by atoms with E-state index in [9.17, 15) is 23.3 Å². The molecule has 0 fully saturated rings. The number of nitro benzene ring substituents is 1. The molecule has 1 amide bonds. The van der Waals surface area contributed by atoms with Gasteiger partial charge in [0, 0.05) is 30.1 Å². The van der Waals surface area contributed by atoms with Crippen LogP contribution >= 0.6 is 0 Å². The van der Waals surface area contributed by atoms with Crippen LogP contribution in [0, 0.1) is 10.1 Å². The van der Waals surface area contributed by atoms with Crippen LogP contribution in [0.15, 0.2) is 42.5 Å². The molecule has 9 nitrogen and oxygen atoms in total. The summed E-state index contributed by atoms with van der Waals surface area (Å²) in [6, 6.07) is 10.9. The van der Waals surface area contributed by atoms with Crippen molar-refractivity contribution in [3.63, 3.8) is 0 Å². The zero-order chi connectivity index (χ0) is 20.3. The number of hydrogen-bond acceptors (Lipinski definition) is 6. The zero-order valence-corrected chi connectivity index (χ0v) is 16.0. The number of nitrogens with zero attached hydrogens (tertiary/aromatic N) is 2. The first-order chi connectivity index (χ1) is 13.2. The lowest BCUT2D eigenvalue weighted by molar-refractivity contribution is -0.384. The number of anilines is 3. The number of sulfonamides is 1. The second-order valence-corrected chi connectivity index (χ2v) is 8.30. The minimum absolute atomic E-state index is 0.0473. The van der Waals surface area contributed by atoms with Gasteiger partial charge in [0.25, 0.3) is 5.69 Å². The Balaban J connectivity index is 1.73. The van der Waals surface area contributed by atoms with Crippen LogP contribution in [0.3, 0.4) is 0 Å². The largest absolute Gasteiger partial charge is 0.362 e. The van der Waals surface area contributed by atoms with Gasteiger partial charge in [-0.25, -0.2) is 8.42 Å². The number of nitrogens with one attached hydrogen (secondary N) is 2. The van der Waals surface area contributed by atoms with Crippen LogP contribution in [-0.2, 0) is 21.2 Å². The number of carbonyl (C=O) groups excluding carboxylic acids is 1. The van der Waals surface area contributed by atoms with Gasteiger partial charge in [-0.3, -0.25) is 19.6 Å². The monoisotopic (exact) mass is 404 g/mol. The van der Waals surface area contributed by atoms with Crippen molar-refractivity contribution in [3.05, 3.63) is 58.1 Å². The summed E-state index contributed by atoms with van der Waals surface area (Å²) in [6.45, 7) is 0.759. The number of amides is 1. The van der Waals surface area contributed by atoms with Crippen molar-refractivity contribution in [1.82, 2.24) is 0 Å². The van der Waals surface area contributed by atoms with E-state index >= 15 is 0 Å². The molecule has 28 heavy (non-hydrogen) atoms. The summed E-state index contributed by atoms with van der Waals surface area (Å²) in [6.07, 6.45) is 2.61. The summed E-state index contributed by atoms with van der Waals surface area (Å²) in [5.41, 5.74) is 2.63. The van der Waals surface area contributed by atoms with E-state index in [0.717, 1.165) is 23.9 Å². The minimum Gasteiger partial charge on any atom is -0.362 e. The Morgan fingerprint density at radius 3 is 2.57 bits per heavy atom. The molecule has 0 aliphatic carbocycles. The van der Waals surface area contributed by atoms with Crippen molar-refractivity contribution in [1.29, 1.82) is 0 Å². The number of non-ortho nitro benzene ring substituents is 1. The number of benzene rings is 2. The van der Waals surface area contributed by atoms with Crippen LogP contribution in [-0.4, -0.2) is 38.6 Å². The fraction of sp³-hybridized carbons (Fsp3) is 0.278. The van der Waals surface area contributed by atoms with Crippen LogP contribution in [0.25, 0.3) is 0 Å². The predicted octanol–water partition coefficient (Wildman–Crippen LogP) is 2.36. The molecule has 10 heteroatoms. The fourth-order valence-corrected chi connectivity index (χ4v) is 3.79. The molecule has 0 aromatic heterocycles. The van der Waals surface area contributed by atoms with E-state index < -0.39 is 14.9 Å². The summed E-state index contributed by atoms with van der Waals surface area (Å²) in [7, 11) is -3.40. The van der Waals surface area contributed by atoms with Crippen molar-refractivity contribution in [2.45, 2.75) is 12.8 Å². The molecule has 0 saturated heterocycles. The molecule has 1 aliphatic rings. The van der Waals surface area contributed by atoms with Crippen molar-refractivity contribution in [2.75, 3.05) is 34.3 Å². The van der Waals surface area contributed by atoms with Gasteiger partial charge < -0.3 is 10.2 Å². The zero-order valence-electron chi connectivity index (χ0n) is 15.2. The van der Waals surface area contributed by atoms with Gasteiger partial charge in [0.1, 0.15) is 0 Å². The van der Waals surface area contributed by atoms with Gasteiger partial charge in [0.15, 0.2) is 0 Å². The first kappa shape index (κ1) is 19.6. The first-order valence-electron chi connectivity index (χ1n) is 8.62. The van der Waals surface area contributed by atoms with E-state index in [0.29, 0.717) is 24.3 Å². The lowest BCUT2D eigenvalue weighted by Gasteiger charge is -2.32. The molecule has 0 unspecified atom stereocenters. The molecular weight excluding hydrogens is 384 g/mol. The number of rotatable bonds is 6. The average Bonchev–Trinajstić information content (AvgIpc) is 2.61. The summed E-state index contributed by atoms with van der Waals surface area (Å²) in [5.74, 6) is -0.261. The van der Waals surface area contributed by atoms with E-state index in [1.807, 2.05) is 11.0 Å². The summed E-state index contributed by atoms with van der Waals surface area (Å²) >= 11 is 0. The number of fused-ring (bicyclic) bond motifs is 1.